The minimum atomic E-state index is -0.425. The molecular weight excluding hydrogens is 272 g/mol. The van der Waals surface area contributed by atoms with Gasteiger partial charge in [-0.05, 0) is 67.9 Å². The van der Waals surface area contributed by atoms with Crippen LogP contribution in [0, 0.1) is 28.1 Å². The maximum absolute atomic E-state index is 13.1. The molecule has 4 aliphatic rings. The molecule has 0 aromatic rings. The second kappa shape index (κ2) is 4.01. The van der Waals surface area contributed by atoms with Crippen LogP contribution in [0.15, 0.2) is 23.8 Å². The van der Waals surface area contributed by atoms with Gasteiger partial charge in [-0.25, -0.2) is 0 Å². The molecule has 4 aliphatic carbocycles. The van der Waals surface area contributed by atoms with Gasteiger partial charge in [0.1, 0.15) is 5.78 Å². The van der Waals surface area contributed by atoms with Crippen molar-refractivity contribution in [3.8, 4) is 0 Å². The molecular formula is C20H26O2. The zero-order valence-electron chi connectivity index (χ0n) is 14.0. The summed E-state index contributed by atoms with van der Waals surface area (Å²) in [4.78, 5) is 26.1. The van der Waals surface area contributed by atoms with Crippen LogP contribution in [0.2, 0.25) is 0 Å². The fraction of sp³-hybridized carbons (Fsp3) is 0.700. The zero-order chi connectivity index (χ0) is 15.9. The third-order valence-electron chi connectivity index (χ3n) is 7.51. The topological polar surface area (TPSA) is 34.1 Å². The van der Waals surface area contributed by atoms with Gasteiger partial charge in [-0.2, -0.15) is 0 Å². The summed E-state index contributed by atoms with van der Waals surface area (Å²) in [7, 11) is 0. The predicted octanol–water partition coefficient (Wildman–Crippen LogP) is 4.25. The minimum Gasteiger partial charge on any atom is -0.299 e. The van der Waals surface area contributed by atoms with Crippen molar-refractivity contribution in [1.29, 1.82) is 0 Å². The Morgan fingerprint density at radius 2 is 1.91 bits per heavy atom. The van der Waals surface area contributed by atoms with Crippen LogP contribution in [-0.2, 0) is 9.59 Å². The van der Waals surface area contributed by atoms with Crippen LogP contribution in [0.25, 0.3) is 0 Å². The summed E-state index contributed by atoms with van der Waals surface area (Å²) in [6.07, 6.45) is 7.27. The minimum absolute atomic E-state index is 0.0353. The normalized spacial score (nSPS) is 46.1. The number of carbonyl (C=O) groups is 2. The van der Waals surface area contributed by atoms with Crippen LogP contribution in [0.4, 0.5) is 0 Å². The molecule has 0 N–H and O–H groups in total. The lowest BCUT2D eigenvalue weighted by Crippen LogP contribution is -2.57. The SMILES string of the molecule is C=C1C[C@@]23C[C@H]1CC[C@@H]2[C@@]1(C)C(=O)CCC(C)(C)C1=CC3=O. The molecule has 4 rings (SSSR count). The summed E-state index contributed by atoms with van der Waals surface area (Å²) >= 11 is 0. The molecule has 22 heavy (non-hydrogen) atoms. The average molecular weight is 298 g/mol. The predicted molar refractivity (Wildman–Crippen MR) is 86.2 cm³/mol. The zero-order valence-corrected chi connectivity index (χ0v) is 14.0. The molecule has 0 saturated heterocycles. The Morgan fingerprint density at radius 3 is 2.64 bits per heavy atom. The van der Waals surface area contributed by atoms with Crippen LogP contribution >= 0.6 is 0 Å². The Bertz CT molecular complexity index is 638. The van der Waals surface area contributed by atoms with E-state index in [1.54, 1.807) is 0 Å². The van der Waals surface area contributed by atoms with E-state index in [0.717, 1.165) is 37.7 Å². The van der Waals surface area contributed by atoms with E-state index in [4.69, 9.17) is 0 Å². The molecule has 2 bridgehead atoms. The highest BCUT2D eigenvalue weighted by Gasteiger charge is 2.66. The van der Waals surface area contributed by atoms with Gasteiger partial charge in [0, 0.05) is 11.8 Å². The van der Waals surface area contributed by atoms with E-state index in [0.29, 0.717) is 18.1 Å². The highest BCUT2D eigenvalue weighted by molar-refractivity contribution is 6.02. The fourth-order valence-corrected chi connectivity index (χ4v) is 6.30. The van der Waals surface area contributed by atoms with Crippen molar-refractivity contribution in [3.05, 3.63) is 23.8 Å². The molecule has 0 radical (unpaired) electrons. The Kier molecular flexibility index (Phi) is 2.63. The molecule has 1 spiro atoms. The third kappa shape index (κ3) is 1.47. The van der Waals surface area contributed by atoms with Gasteiger partial charge in [0.2, 0.25) is 0 Å². The smallest absolute Gasteiger partial charge is 0.162 e. The monoisotopic (exact) mass is 298 g/mol. The lowest BCUT2D eigenvalue weighted by molar-refractivity contribution is -0.146. The molecule has 0 heterocycles. The lowest BCUT2D eigenvalue weighted by Gasteiger charge is -2.57. The summed E-state index contributed by atoms with van der Waals surface area (Å²) in [6, 6.07) is 0. The summed E-state index contributed by atoms with van der Waals surface area (Å²) in [6.45, 7) is 10.8. The number of ketones is 2. The maximum Gasteiger partial charge on any atom is 0.162 e. The molecule has 2 heteroatoms. The Labute approximate surface area is 133 Å². The van der Waals surface area contributed by atoms with Gasteiger partial charge in [-0.3, -0.25) is 9.59 Å². The Morgan fingerprint density at radius 1 is 1.18 bits per heavy atom. The van der Waals surface area contributed by atoms with E-state index < -0.39 is 5.41 Å². The van der Waals surface area contributed by atoms with Gasteiger partial charge in [0.25, 0.3) is 0 Å². The highest BCUT2D eigenvalue weighted by atomic mass is 16.1. The molecule has 0 aromatic carbocycles. The van der Waals surface area contributed by atoms with Gasteiger partial charge in [-0.1, -0.05) is 26.0 Å². The van der Waals surface area contributed by atoms with Gasteiger partial charge >= 0.3 is 0 Å². The number of hydrogen-bond donors (Lipinski definition) is 0. The van der Waals surface area contributed by atoms with E-state index in [-0.39, 0.29) is 22.5 Å². The van der Waals surface area contributed by atoms with E-state index >= 15 is 0 Å². The summed E-state index contributed by atoms with van der Waals surface area (Å²) in [5.41, 5.74) is 1.59. The summed E-state index contributed by atoms with van der Waals surface area (Å²) < 4.78 is 0. The Balaban J connectivity index is 1.94. The highest BCUT2D eigenvalue weighted by Crippen LogP contribution is 2.68. The summed E-state index contributed by atoms with van der Waals surface area (Å²) in [5, 5.41) is 0. The fourth-order valence-electron chi connectivity index (χ4n) is 6.30. The number of rotatable bonds is 0. The van der Waals surface area contributed by atoms with Gasteiger partial charge in [-0.15, -0.1) is 0 Å². The first-order valence-corrected chi connectivity index (χ1v) is 8.70. The molecule has 0 aromatic heterocycles. The van der Waals surface area contributed by atoms with E-state index in [2.05, 4.69) is 27.4 Å². The van der Waals surface area contributed by atoms with Gasteiger partial charge in [0.15, 0.2) is 5.78 Å². The average Bonchev–Trinajstić information content (AvgIpc) is 2.70. The third-order valence-corrected chi connectivity index (χ3v) is 7.51. The van der Waals surface area contributed by atoms with Crippen LogP contribution in [0.1, 0.15) is 59.3 Å². The molecule has 0 aliphatic heterocycles. The van der Waals surface area contributed by atoms with Crippen molar-refractivity contribution in [2.45, 2.75) is 59.3 Å². The lowest BCUT2D eigenvalue weighted by atomic mass is 9.44. The van der Waals surface area contributed by atoms with Crippen molar-refractivity contribution < 1.29 is 9.59 Å². The van der Waals surface area contributed by atoms with Crippen LogP contribution in [0.3, 0.4) is 0 Å². The quantitative estimate of drug-likeness (QED) is 0.626. The molecule has 2 nitrogen and oxygen atoms in total. The van der Waals surface area contributed by atoms with Gasteiger partial charge in [0.05, 0.1) is 5.41 Å². The van der Waals surface area contributed by atoms with Crippen molar-refractivity contribution in [2.24, 2.45) is 28.1 Å². The van der Waals surface area contributed by atoms with Gasteiger partial charge < -0.3 is 0 Å². The van der Waals surface area contributed by atoms with Crippen LogP contribution < -0.4 is 0 Å². The largest absolute Gasteiger partial charge is 0.299 e. The number of fused-ring (bicyclic) bond motifs is 3. The first kappa shape index (κ1) is 14.4. The molecule has 3 fully saturated rings. The second-order valence-corrected chi connectivity index (χ2v) is 8.95. The van der Waals surface area contributed by atoms with Crippen LogP contribution in [0.5, 0.6) is 0 Å². The number of Topliss-reactive ketones (excluding diaryl/α,β-unsaturated/α-hetero) is 1. The molecule has 0 unspecified atom stereocenters. The van der Waals surface area contributed by atoms with Crippen molar-refractivity contribution in [3.63, 3.8) is 0 Å². The number of hydrogen-bond acceptors (Lipinski definition) is 2. The van der Waals surface area contributed by atoms with E-state index in [1.807, 2.05) is 6.08 Å². The van der Waals surface area contributed by atoms with Crippen LogP contribution in [-0.4, -0.2) is 11.6 Å². The molecule has 118 valence electrons. The van der Waals surface area contributed by atoms with Crippen molar-refractivity contribution >= 4 is 11.6 Å². The van der Waals surface area contributed by atoms with Crippen molar-refractivity contribution in [1.82, 2.24) is 0 Å². The first-order valence-electron chi connectivity index (χ1n) is 8.70. The van der Waals surface area contributed by atoms with E-state index in [9.17, 15) is 9.59 Å². The second-order valence-electron chi connectivity index (χ2n) is 8.95. The first-order chi connectivity index (χ1) is 10.2. The molecule has 0 amide bonds. The number of allylic oxidation sites excluding steroid dienone is 3. The maximum atomic E-state index is 13.1. The number of carbonyl (C=O) groups excluding carboxylic acids is 2. The van der Waals surface area contributed by atoms with E-state index in [1.165, 1.54) is 5.57 Å². The standard InChI is InChI=1S/C20H26O2/c1-12-10-20-11-13(12)5-6-14(20)19(4)15(9-17(20)22)18(2,3)8-7-16(19)21/h9,13-14H,1,5-8,10-11H2,2-4H3/t13-,14-,19-,20-/m1/s1. The summed E-state index contributed by atoms with van der Waals surface area (Å²) in [5.74, 6) is 1.35. The van der Waals surface area contributed by atoms with Crippen molar-refractivity contribution in [2.75, 3.05) is 0 Å². The molecule has 3 saturated carbocycles. The Hall–Kier alpha value is -1.18. The molecule has 4 atom stereocenters.